The maximum absolute atomic E-state index is 12.2. The summed E-state index contributed by atoms with van der Waals surface area (Å²) in [5, 5.41) is 9.57. The molecule has 1 atom stereocenters. The number of ether oxygens (including phenoxy) is 2. The number of unbranched alkanes of at least 4 members (excludes halogenated alkanes) is 22. The average Bonchev–Trinajstić information content (AvgIpc) is 3.24. The molecule has 0 heterocycles. The minimum atomic E-state index is -0.772. The van der Waals surface area contributed by atoms with Crippen LogP contribution < -0.4 is 0 Å². The van der Waals surface area contributed by atoms with Gasteiger partial charge in [0.2, 0.25) is 0 Å². The summed E-state index contributed by atoms with van der Waals surface area (Å²) in [6.07, 6.45) is 68.3. The Balaban J connectivity index is 3.51. The van der Waals surface area contributed by atoms with Gasteiger partial charge in [-0.15, -0.1) is 0 Å². The number of esters is 2. The summed E-state index contributed by atoms with van der Waals surface area (Å²) in [7, 11) is 0. The summed E-state index contributed by atoms with van der Waals surface area (Å²) in [6.45, 7) is 4.01. The number of aliphatic hydroxyl groups excluding tert-OH is 1. The monoisotopic (exact) mass is 821 g/mol. The molecule has 0 aromatic rings. The van der Waals surface area contributed by atoms with Crippen LogP contribution in [0.5, 0.6) is 0 Å². The molecule has 0 aliphatic heterocycles. The quantitative estimate of drug-likeness (QED) is 0.0376. The van der Waals surface area contributed by atoms with Gasteiger partial charge in [0, 0.05) is 12.8 Å². The summed E-state index contributed by atoms with van der Waals surface area (Å²) in [5.41, 5.74) is 0. The van der Waals surface area contributed by atoms with E-state index in [4.69, 9.17) is 9.47 Å². The summed E-state index contributed by atoms with van der Waals surface area (Å²) in [6, 6.07) is 0. The topological polar surface area (TPSA) is 72.8 Å². The molecule has 0 rings (SSSR count). The highest BCUT2D eigenvalue weighted by molar-refractivity contribution is 5.70. The van der Waals surface area contributed by atoms with Crippen molar-refractivity contribution in [2.45, 2.75) is 232 Å². The molecule has 0 aliphatic rings. The van der Waals surface area contributed by atoms with Gasteiger partial charge in [-0.05, 0) is 70.6 Å². The highest BCUT2D eigenvalue weighted by atomic mass is 16.6. The van der Waals surface area contributed by atoms with E-state index < -0.39 is 6.10 Å². The fourth-order valence-electron chi connectivity index (χ4n) is 6.77. The van der Waals surface area contributed by atoms with Gasteiger partial charge in [-0.1, -0.05) is 227 Å². The van der Waals surface area contributed by atoms with Gasteiger partial charge in [-0.25, -0.2) is 0 Å². The Labute approximate surface area is 365 Å². The first kappa shape index (κ1) is 56.1. The first-order valence-electron chi connectivity index (χ1n) is 24.6. The standard InChI is InChI=1S/C54H92O5/c1-3-5-7-9-11-13-15-16-17-18-19-20-21-22-23-24-25-26-27-28-29-30-31-32-33-34-35-36-37-38-39-41-43-45-47-49-54(57)59-52(50-55)51-58-53(56)48-46-44-42-40-14-12-10-8-6-4-2/h5,7,11,13,16-17,19-20,22-23,25-26,28-29,52,55H,3-4,6,8-10,12,14-15,18,21,24,27,30-51H2,1-2H3/b7-5-,13-11-,17-16-,20-19-,23-22-,26-25-,29-28-. The maximum atomic E-state index is 12.2. The molecular formula is C54H92O5. The lowest BCUT2D eigenvalue weighted by atomic mass is 10.0. The summed E-state index contributed by atoms with van der Waals surface area (Å²) < 4.78 is 10.6. The molecule has 1 unspecified atom stereocenters. The summed E-state index contributed by atoms with van der Waals surface area (Å²) in [5.74, 6) is -0.592. The third kappa shape index (κ3) is 47.6. The van der Waals surface area contributed by atoms with Gasteiger partial charge < -0.3 is 14.6 Å². The molecule has 0 aromatic carbocycles. The Hall–Kier alpha value is -2.92. The molecule has 338 valence electrons. The van der Waals surface area contributed by atoms with E-state index in [0.29, 0.717) is 12.8 Å². The van der Waals surface area contributed by atoms with E-state index in [1.54, 1.807) is 0 Å². The van der Waals surface area contributed by atoms with E-state index >= 15 is 0 Å². The zero-order chi connectivity index (χ0) is 42.8. The second kappa shape index (κ2) is 49.4. The predicted molar refractivity (Wildman–Crippen MR) is 256 cm³/mol. The molecular weight excluding hydrogens is 729 g/mol. The van der Waals surface area contributed by atoms with E-state index in [0.717, 1.165) is 83.5 Å². The Morgan fingerprint density at radius 3 is 1.10 bits per heavy atom. The zero-order valence-corrected chi connectivity index (χ0v) is 38.5. The van der Waals surface area contributed by atoms with Crippen molar-refractivity contribution >= 4 is 11.9 Å². The molecule has 0 aliphatic carbocycles. The number of hydrogen-bond donors (Lipinski definition) is 1. The molecule has 59 heavy (non-hydrogen) atoms. The first-order chi connectivity index (χ1) is 29.1. The van der Waals surface area contributed by atoms with Gasteiger partial charge in [0.15, 0.2) is 6.10 Å². The van der Waals surface area contributed by atoms with Gasteiger partial charge in [0.25, 0.3) is 0 Å². The van der Waals surface area contributed by atoms with E-state index in [1.165, 1.54) is 116 Å². The largest absolute Gasteiger partial charge is 0.462 e. The Kier molecular flexibility index (Phi) is 47.0. The van der Waals surface area contributed by atoms with Gasteiger partial charge in [0.1, 0.15) is 6.61 Å². The Morgan fingerprint density at radius 2 is 0.729 bits per heavy atom. The first-order valence-corrected chi connectivity index (χ1v) is 24.6. The Morgan fingerprint density at radius 1 is 0.407 bits per heavy atom. The van der Waals surface area contributed by atoms with Crippen molar-refractivity contribution in [1.82, 2.24) is 0 Å². The molecule has 0 saturated carbocycles. The SMILES string of the molecule is CC/C=C\C/C=C\C/C=C\C/C=C\C/C=C\C/C=C\C/C=C\CCCCCCCCCCCCCCCC(=O)OC(CO)COC(=O)CCCCCCCCCCCC. The number of carbonyl (C=O) groups excluding carboxylic acids is 2. The van der Waals surface area contributed by atoms with Crippen molar-refractivity contribution in [3.05, 3.63) is 85.1 Å². The molecule has 0 saturated heterocycles. The lowest BCUT2D eigenvalue weighted by molar-refractivity contribution is -0.161. The van der Waals surface area contributed by atoms with Gasteiger partial charge in [-0.2, -0.15) is 0 Å². The van der Waals surface area contributed by atoms with Gasteiger partial charge >= 0.3 is 11.9 Å². The molecule has 0 bridgehead atoms. The fourth-order valence-corrected chi connectivity index (χ4v) is 6.77. The van der Waals surface area contributed by atoms with Crippen LogP contribution in [-0.2, 0) is 19.1 Å². The van der Waals surface area contributed by atoms with Crippen molar-refractivity contribution in [3.63, 3.8) is 0 Å². The summed E-state index contributed by atoms with van der Waals surface area (Å²) >= 11 is 0. The van der Waals surface area contributed by atoms with Crippen LogP contribution in [-0.4, -0.2) is 36.4 Å². The lowest BCUT2D eigenvalue weighted by Crippen LogP contribution is -2.28. The number of hydrogen-bond acceptors (Lipinski definition) is 5. The molecule has 0 amide bonds. The number of allylic oxidation sites excluding steroid dienone is 14. The van der Waals surface area contributed by atoms with E-state index in [2.05, 4.69) is 98.9 Å². The highest BCUT2D eigenvalue weighted by Gasteiger charge is 2.16. The third-order valence-corrected chi connectivity index (χ3v) is 10.5. The minimum Gasteiger partial charge on any atom is -0.462 e. The molecule has 1 N–H and O–H groups in total. The number of rotatable bonds is 44. The molecule has 0 radical (unpaired) electrons. The molecule has 0 aromatic heterocycles. The van der Waals surface area contributed by atoms with Crippen LogP contribution in [0.2, 0.25) is 0 Å². The molecule has 0 fully saturated rings. The third-order valence-electron chi connectivity index (χ3n) is 10.5. The zero-order valence-electron chi connectivity index (χ0n) is 38.5. The molecule has 0 spiro atoms. The van der Waals surface area contributed by atoms with Crippen LogP contribution in [0.15, 0.2) is 85.1 Å². The summed E-state index contributed by atoms with van der Waals surface area (Å²) in [4.78, 5) is 24.3. The van der Waals surface area contributed by atoms with Crippen LogP contribution in [0, 0.1) is 0 Å². The van der Waals surface area contributed by atoms with Gasteiger partial charge in [0.05, 0.1) is 6.61 Å². The average molecular weight is 821 g/mol. The second-order valence-electron chi connectivity index (χ2n) is 16.2. The fraction of sp³-hybridized carbons (Fsp3) is 0.704. The van der Waals surface area contributed by atoms with Crippen molar-refractivity contribution in [2.24, 2.45) is 0 Å². The van der Waals surface area contributed by atoms with Crippen molar-refractivity contribution in [1.29, 1.82) is 0 Å². The van der Waals surface area contributed by atoms with E-state index in [1.807, 2.05) is 0 Å². The second-order valence-corrected chi connectivity index (χ2v) is 16.2. The van der Waals surface area contributed by atoms with E-state index in [9.17, 15) is 14.7 Å². The van der Waals surface area contributed by atoms with Crippen LogP contribution in [0.1, 0.15) is 226 Å². The van der Waals surface area contributed by atoms with Crippen molar-refractivity contribution in [2.75, 3.05) is 13.2 Å². The molecule has 5 heteroatoms. The van der Waals surface area contributed by atoms with Crippen molar-refractivity contribution < 1.29 is 24.2 Å². The minimum absolute atomic E-state index is 0.0662. The van der Waals surface area contributed by atoms with Crippen LogP contribution in [0.25, 0.3) is 0 Å². The normalized spacial score (nSPS) is 12.9. The molecule has 5 nitrogen and oxygen atoms in total. The van der Waals surface area contributed by atoms with Crippen LogP contribution in [0.4, 0.5) is 0 Å². The predicted octanol–water partition coefficient (Wildman–Crippen LogP) is 16.2. The highest BCUT2D eigenvalue weighted by Crippen LogP contribution is 2.15. The smallest absolute Gasteiger partial charge is 0.306 e. The lowest BCUT2D eigenvalue weighted by Gasteiger charge is -2.15. The van der Waals surface area contributed by atoms with Crippen LogP contribution in [0.3, 0.4) is 0 Å². The van der Waals surface area contributed by atoms with Crippen LogP contribution >= 0.6 is 0 Å². The van der Waals surface area contributed by atoms with E-state index in [-0.39, 0.29) is 25.2 Å². The maximum Gasteiger partial charge on any atom is 0.306 e. The van der Waals surface area contributed by atoms with Gasteiger partial charge in [-0.3, -0.25) is 9.59 Å². The number of aliphatic hydroxyl groups is 1. The number of carbonyl (C=O) groups is 2. The Bertz CT molecular complexity index is 1110. The van der Waals surface area contributed by atoms with Crippen molar-refractivity contribution in [3.8, 4) is 0 Å².